The molecular formula is C17H38NO6+. The molecule has 0 fully saturated rings. The fraction of sp³-hybridized carbons (Fsp3) is 1.00. The average molecular weight is 352 g/mol. The van der Waals surface area contributed by atoms with Gasteiger partial charge in [-0.2, -0.15) is 0 Å². The van der Waals surface area contributed by atoms with Crippen LogP contribution in [0.5, 0.6) is 0 Å². The number of quaternary nitrogens is 1. The molecule has 0 atom stereocenters. The lowest BCUT2D eigenvalue weighted by Gasteiger charge is -2.37. The lowest BCUT2D eigenvalue weighted by atomic mass is 10.3. The molecule has 7 nitrogen and oxygen atoms in total. The molecular weight excluding hydrogens is 314 g/mol. The molecule has 0 amide bonds. The van der Waals surface area contributed by atoms with E-state index >= 15 is 0 Å². The first-order chi connectivity index (χ1) is 11.7. The van der Waals surface area contributed by atoms with Crippen molar-refractivity contribution in [2.24, 2.45) is 0 Å². The van der Waals surface area contributed by atoms with Gasteiger partial charge in [0.1, 0.15) is 19.6 Å². The third-order valence-corrected chi connectivity index (χ3v) is 4.10. The van der Waals surface area contributed by atoms with Crippen molar-refractivity contribution >= 4 is 0 Å². The van der Waals surface area contributed by atoms with Gasteiger partial charge in [-0.3, -0.25) is 0 Å². The normalized spacial score (nSPS) is 12.0. The molecule has 0 saturated carbocycles. The standard InChI is InChI=1S/C17H38NO6/c1-5-18(6-9-22-15-12-19-2,7-10-23-16-13-20-3)8-11-24-17-14-21-4/h5-17H2,1-4H3/q+1. The summed E-state index contributed by atoms with van der Waals surface area (Å²) in [4.78, 5) is 0. The molecule has 0 unspecified atom stereocenters. The van der Waals surface area contributed by atoms with E-state index in [2.05, 4.69) is 6.92 Å². The van der Waals surface area contributed by atoms with Crippen LogP contribution in [0, 0.1) is 0 Å². The van der Waals surface area contributed by atoms with Crippen molar-refractivity contribution in [2.75, 3.05) is 107 Å². The predicted octanol–water partition coefficient (Wildman–Crippen LogP) is 0.812. The van der Waals surface area contributed by atoms with Crippen LogP contribution in [0.3, 0.4) is 0 Å². The van der Waals surface area contributed by atoms with Crippen LogP contribution in [0.25, 0.3) is 0 Å². The van der Waals surface area contributed by atoms with E-state index in [-0.39, 0.29) is 0 Å². The summed E-state index contributed by atoms with van der Waals surface area (Å²) in [6, 6.07) is 0. The second-order valence-corrected chi connectivity index (χ2v) is 5.64. The number of likely N-dealkylation sites (N-methyl/N-ethyl adjacent to an activating group) is 1. The maximum Gasteiger partial charge on any atom is 0.103 e. The summed E-state index contributed by atoms with van der Waals surface area (Å²) >= 11 is 0. The highest BCUT2D eigenvalue weighted by Crippen LogP contribution is 2.07. The second kappa shape index (κ2) is 17.5. The summed E-state index contributed by atoms with van der Waals surface area (Å²) in [7, 11) is 5.05. The molecule has 0 aromatic rings. The molecule has 0 bridgehead atoms. The van der Waals surface area contributed by atoms with E-state index in [0.717, 1.165) is 30.7 Å². The third kappa shape index (κ3) is 13.1. The highest BCUT2D eigenvalue weighted by Gasteiger charge is 2.25. The van der Waals surface area contributed by atoms with Crippen LogP contribution in [-0.4, -0.2) is 111 Å². The Morgan fingerprint density at radius 1 is 0.500 bits per heavy atom. The maximum atomic E-state index is 5.66. The van der Waals surface area contributed by atoms with Gasteiger partial charge in [-0.1, -0.05) is 0 Å². The first-order valence-corrected chi connectivity index (χ1v) is 8.79. The summed E-state index contributed by atoms with van der Waals surface area (Å²) in [6.07, 6.45) is 0. The summed E-state index contributed by atoms with van der Waals surface area (Å²) in [5.74, 6) is 0. The van der Waals surface area contributed by atoms with E-state index in [9.17, 15) is 0 Å². The molecule has 24 heavy (non-hydrogen) atoms. The van der Waals surface area contributed by atoms with E-state index in [0.29, 0.717) is 59.5 Å². The molecule has 146 valence electrons. The molecule has 0 rings (SSSR count). The number of rotatable bonds is 19. The zero-order valence-corrected chi connectivity index (χ0v) is 16.1. The van der Waals surface area contributed by atoms with Gasteiger partial charge in [0.25, 0.3) is 0 Å². The van der Waals surface area contributed by atoms with Gasteiger partial charge in [-0.05, 0) is 6.92 Å². The topological polar surface area (TPSA) is 55.4 Å². The van der Waals surface area contributed by atoms with Crippen molar-refractivity contribution in [2.45, 2.75) is 6.92 Å². The quantitative estimate of drug-likeness (QED) is 0.253. The maximum absolute atomic E-state index is 5.66. The Morgan fingerprint density at radius 2 is 0.833 bits per heavy atom. The molecule has 0 radical (unpaired) electrons. The largest absolute Gasteiger partial charge is 0.382 e. The van der Waals surface area contributed by atoms with E-state index < -0.39 is 0 Å². The fourth-order valence-electron chi connectivity index (χ4n) is 2.32. The van der Waals surface area contributed by atoms with Crippen molar-refractivity contribution in [3.05, 3.63) is 0 Å². The lowest BCUT2D eigenvalue weighted by Crippen LogP contribution is -2.53. The zero-order valence-electron chi connectivity index (χ0n) is 16.1. The van der Waals surface area contributed by atoms with Gasteiger partial charge in [0, 0.05) is 21.3 Å². The lowest BCUT2D eigenvalue weighted by molar-refractivity contribution is -0.927. The van der Waals surface area contributed by atoms with Gasteiger partial charge in [-0.25, -0.2) is 0 Å². The molecule has 0 aromatic heterocycles. The number of nitrogens with zero attached hydrogens (tertiary/aromatic N) is 1. The Kier molecular flexibility index (Phi) is 17.3. The number of methoxy groups -OCH3 is 3. The molecule has 0 N–H and O–H groups in total. The van der Waals surface area contributed by atoms with E-state index in [1.165, 1.54) is 0 Å². The van der Waals surface area contributed by atoms with Crippen molar-refractivity contribution in [3.8, 4) is 0 Å². The van der Waals surface area contributed by atoms with Gasteiger partial charge in [0.2, 0.25) is 0 Å². The Hall–Kier alpha value is -0.280. The van der Waals surface area contributed by atoms with Crippen LogP contribution in [0.1, 0.15) is 6.92 Å². The van der Waals surface area contributed by atoms with Gasteiger partial charge in [-0.15, -0.1) is 0 Å². The minimum atomic E-state index is 0.631. The second-order valence-electron chi connectivity index (χ2n) is 5.64. The van der Waals surface area contributed by atoms with Gasteiger partial charge in [0.15, 0.2) is 0 Å². The summed E-state index contributed by atoms with van der Waals surface area (Å²) in [5, 5.41) is 0. The van der Waals surface area contributed by atoms with Crippen LogP contribution < -0.4 is 0 Å². The van der Waals surface area contributed by atoms with Crippen LogP contribution in [-0.2, 0) is 28.4 Å². The number of hydrogen-bond acceptors (Lipinski definition) is 6. The van der Waals surface area contributed by atoms with Gasteiger partial charge >= 0.3 is 0 Å². The molecule has 0 heterocycles. The fourth-order valence-corrected chi connectivity index (χ4v) is 2.32. The van der Waals surface area contributed by atoms with E-state index in [4.69, 9.17) is 28.4 Å². The molecule has 7 heteroatoms. The Morgan fingerprint density at radius 3 is 1.08 bits per heavy atom. The number of ether oxygens (including phenoxy) is 6. The first-order valence-electron chi connectivity index (χ1n) is 8.79. The van der Waals surface area contributed by atoms with Gasteiger partial charge < -0.3 is 32.9 Å². The van der Waals surface area contributed by atoms with Crippen molar-refractivity contribution in [3.63, 3.8) is 0 Å². The molecule has 0 aliphatic carbocycles. The Bertz CT molecular complexity index is 219. The van der Waals surface area contributed by atoms with Crippen LogP contribution in [0.15, 0.2) is 0 Å². The zero-order chi connectivity index (χ0) is 17.9. The molecule has 0 aromatic carbocycles. The monoisotopic (exact) mass is 352 g/mol. The highest BCUT2D eigenvalue weighted by atomic mass is 16.5. The molecule has 0 saturated heterocycles. The van der Waals surface area contributed by atoms with Crippen molar-refractivity contribution in [1.82, 2.24) is 0 Å². The highest BCUT2D eigenvalue weighted by molar-refractivity contribution is 4.46. The minimum absolute atomic E-state index is 0.631. The van der Waals surface area contributed by atoms with Crippen molar-refractivity contribution in [1.29, 1.82) is 0 Å². The molecule has 0 aliphatic heterocycles. The average Bonchev–Trinajstić information content (AvgIpc) is 2.60. The van der Waals surface area contributed by atoms with E-state index in [1.54, 1.807) is 21.3 Å². The van der Waals surface area contributed by atoms with Crippen LogP contribution in [0.2, 0.25) is 0 Å². The van der Waals surface area contributed by atoms with Crippen molar-refractivity contribution < 1.29 is 32.9 Å². The minimum Gasteiger partial charge on any atom is -0.382 e. The number of hydrogen-bond donors (Lipinski definition) is 0. The third-order valence-electron chi connectivity index (χ3n) is 4.10. The Labute approximate surface area is 147 Å². The SMILES string of the molecule is CC[N+](CCOCCOC)(CCOCCOC)CCOCCOC. The van der Waals surface area contributed by atoms with Gasteiger partial charge in [0.05, 0.1) is 66.0 Å². The van der Waals surface area contributed by atoms with Crippen LogP contribution in [0.4, 0.5) is 0 Å². The van der Waals surface area contributed by atoms with E-state index in [1.807, 2.05) is 0 Å². The first kappa shape index (κ1) is 23.7. The van der Waals surface area contributed by atoms with Crippen LogP contribution >= 0.6 is 0 Å². The summed E-state index contributed by atoms with van der Waals surface area (Å²) in [6.45, 7) is 12.0. The summed E-state index contributed by atoms with van der Waals surface area (Å²) in [5.41, 5.74) is 0. The summed E-state index contributed by atoms with van der Waals surface area (Å²) < 4.78 is 32.9. The smallest absolute Gasteiger partial charge is 0.103 e. The predicted molar refractivity (Wildman–Crippen MR) is 93.5 cm³/mol. The Balaban J connectivity index is 4.23. The molecule has 0 aliphatic rings. The molecule has 0 spiro atoms.